The van der Waals surface area contributed by atoms with Crippen LogP contribution in [0.15, 0.2) is 76.8 Å². The van der Waals surface area contributed by atoms with Crippen molar-refractivity contribution < 1.29 is 9.90 Å². The van der Waals surface area contributed by atoms with Crippen molar-refractivity contribution in [1.82, 2.24) is 10.3 Å². The Kier molecular flexibility index (Phi) is 5.50. The van der Waals surface area contributed by atoms with Gasteiger partial charge in [-0.1, -0.05) is 42.5 Å². The van der Waals surface area contributed by atoms with Gasteiger partial charge in [-0.15, -0.1) is 0 Å². The van der Waals surface area contributed by atoms with Gasteiger partial charge in [-0.3, -0.25) is 14.8 Å². The van der Waals surface area contributed by atoms with E-state index in [9.17, 15) is 9.90 Å². The molecule has 2 heterocycles. The monoisotopic (exact) mass is 389 g/mol. The van der Waals surface area contributed by atoms with Gasteiger partial charge in [-0.05, 0) is 53.6 Å². The maximum Gasteiger partial charge on any atom is 0.264 e. The van der Waals surface area contributed by atoms with Gasteiger partial charge in [0.1, 0.15) is 0 Å². The number of thioether (sulfide) groups is 1. The number of rotatable bonds is 5. The Morgan fingerprint density at radius 2 is 2.00 bits per heavy atom. The number of amides is 1. The molecule has 5 nitrogen and oxygen atoms in total. The molecule has 1 atom stereocenters. The van der Waals surface area contributed by atoms with Crippen LogP contribution >= 0.6 is 11.8 Å². The zero-order valence-corrected chi connectivity index (χ0v) is 15.9. The second-order valence-electron chi connectivity index (χ2n) is 6.39. The highest BCUT2D eigenvalue weighted by Crippen LogP contribution is 2.30. The van der Waals surface area contributed by atoms with Crippen molar-refractivity contribution in [3.63, 3.8) is 0 Å². The highest BCUT2D eigenvalue weighted by Gasteiger charge is 2.25. The zero-order chi connectivity index (χ0) is 19.3. The van der Waals surface area contributed by atoms with E-state index >= 15 is 0 Å². The number of aromatic nitrogens is 1. The third-order valence-electron chi connectivity index (χ3n) is 4.44. The smallest absolute Gasteiger partial charge is 0.264 e. The molecular formula is C22H19N3O2S. The summed E-state index contributed by atoms with van der Waals surface area (Å²) in [6.07, 6.45) is 4.12. The molecule has 1 saturated heterocycles. The van der Waals surface area contributed by atoms with E-state index in [1.165, 1.54) is 11.8 Å². The van der Waals surface area contributed by atoms with Crippen molar-refractivity contribution in [2.45, 2.75) is 12.5 Å². The average Bonchev–Trinajstić information content (AvgIpc) is 3.07. The van der Waals surface area contributed by atoms with E-state index in [1.807, 2.05) is 66.7 Å². The maximum absolute atomic E-state index is 12.4. The number of pyridine rings is 1. The predicted molar refractivity (Wildman–Crippen MR) is 114 cm³/mol. The highest BCUT2D eigenvalue weighted by molar-refractivity contribution is 8.18. The van der Waals surface area contributed by atoms with Crippen LogP contribution in [0.5, 0.6) is 0 Å². The number of fused-ring (bicyclic) bond motifs is 1. The van der Waals surface area contributed by atoms with Crippen molar-refractivity contribution in [3.05, 3.63) is 82.9 Å². The highest BCUT2D eigenvalue weighted by atomic mass is 32.2. The Balaban J connectivity index is 1.58. The summed E-state index contributed by atoms with van der Waals surface area (Å²) in [5.74, 6) is -0.161. The molecule has 28 heavy (non-hydrogen) atoms. The first-order chi connectivity index (χ1) is 13.7. The number of hydrogen-bond donors (Lipinski definition) is 2. The lowest BCUT2D eigenvalue weighted by molar-refractivity contribution is -0.115. The van der Waals surface area contributed by atoms with Crippen molar-refractivity contribution in [3.8, 4) is 0 Å². The van der Waals surface area contributed by atoms with Gasteiger partial charge >= 0.3 is 0 Å². The molecule has 3 aromatic rings. The second-order valence-corrected chi connectivity index (χ2v) is 7.42. The molecule has 4 rings (SSSR count). The molecule has 0 bridgehead atoms. The van der Waals surface area contributed by atoms with Crippen LogP contribution in [0.1, 0.15) is 23.6 Å². The number of aliphatic hydroxyl groups excluding tert-OH is 1. The summed E-state index contributed by atoms with van der Waals surface area (Å²) in [5.41, 5.74) is 2.87. The van der Waals surface area contributed by atoms with Gasteiger partial charge in [0, 0.05) is 18.2 Å². The van der Waals surface area contributed by atoms with Crippen molar-refractivity contribution in [2.24, 2.45) is 4.99 Å². The van der Waals surface area contributed by atoms with Crippen molar-refractivity contribution in [2.75, 3.05) is 6.61 Å². The minimum Gasteiger partial charge on any atom is -0.396 e. The largest absolute Gasteiger partial charge is 0.396 e. The Hall–Kier alpha value is -2.96. The summed E-state index contributed by atoms with van der Waals surface area (Å²) in [6.45, 7) is 0.0305. The van der Waals surface area contributed by atoms with Crippen molar-refractivity contribution in [1.29, 1.82) is 0 Å². The van der Waals surface area contributed by atoms with Gasteiger partial charge in [0.2, 0.25) is 0 Å². The molecule has 0 aliphatic carbocycles. The van der Waals surface area contributed by atoms with Crippen LogP contribution in [-0.2, 0) is 4.79 Å². The molecule has 1 aliphatic rings. The summed E-state index contributed by atoms with van der Waals surface area (Å²) < 4.78 is 0. The van der Waals surface area contributed by atoms with E-state index in [0.717, 1.165) is 22.0 Å². The lowest BCUT2D eigenvalue weighted by Gasteiger charge is -2.12. The quantitative estimate of drug-likeness (QED) is 0.649. The normalized spacial score (nSPS) is 18.0. The Labute approximate surface area is 167 Å². The molecule has 2 aromatic carbocycles. The molecule has 0 radical (unpaired) electrons. The number of hydrogen-bond acceptors (Lipinski definition) is 5. The summed E-state index contributed by atoms with van der Waals surface area (Å²) in [5, 5.41) is 13.8. The van der Waals surface area contributed by atoms with Gasteiger partial charge < -0.3 is 10.4 Å². The van der Waals surface area contributed by atoms with Crippen molar-refractivity contribution >= 4 is 39.8 Å². The number of carbonyl (C=O) groups is 1. The van der Waals surface area contributed by atoms with Gasteiger partial charge in [-0.2, -0.15) is 0 Å². The third kappa shape index (κ3) is 4.13. The van der Waals surface area contributed by atoms with Crippen LogP contribution in [0.4, 0.5) is 0 Å². The number of carbonyl (C=O) groups excluding carboxylic acids is 1. The molecule has 140 valence electrons. The van der Waals surface area contributed by atoms with Gasteiger partial charge in [0.05, 0.1) is 16.5 Å². The molecule has 1 aromatic heterocycles. The van der Waals surface area contributed by atoms with Crippen LogP contribution in [0, 0.1) is 0 Å². The van der Waals surface area contributed by atoms with Crippen LogP contribution in [0.2, 0.25) is 0 Å². The predicted octanol–water partition coefficient (Wildman–Crippen LogP) is 3.92. The van der Waals surface area contributed by atoms with Crippen LogP contribution in [0.3, 0.4) is 0 Å². The molecule has 1 fully saturated rings. The number of nitrogens with zero attached hydrogens (tertiary/aromatic N) is 2. The molecule has 2 N–H and O–H groups in total. The first-order valence-electron chi connectivity index (χ1n) is 9.02. The Bertz CT molecular complexity index is 1060. The topological polar surface area (TPSA) is 74.6 Å². The number of nitrogens with one attached hydrogen (secondary N) is 1. The molecule has 1 amide bonds. The maximum atomic E-state index is 12.4. The van der Waals surface area contributed by atoms with E-state index in [1.54, 1.807) is 6.20 Å². The summed E-state index contributed by atoms with van der Waals surface area (Å²) in [7, 11) is 0. The number of aliphatic imine (C=N–C) groups is 1. The van der Waals surface area contributed by atoms with Crippen LogP contribution < -0.4 is 5.32 Å². The first kappa shape index (κ1) is 18.4. The minimum absolute atomic E-state index is 0.0305. The number of amidine groups is 1. The van der Waals surface area contributed by atoms with E-state index in [0.29, 0.717) is 16.5 Å². The zero-order valence-electron chi connectivity index (χ0n) is 15.1. The second kappa shape index (κ2) is 8.37. The fourth-order valence-electron chi connectivity index (χ4n) is 3.07. The van der Waals surface area contributed by atoms with Gasteiger partial charge in [0.25, 0.3) is 5.91 Å². The van der Waals surface area contributed by atoms with Crippen LogP contribution in [-0.4, -0.2) is 27.8 Å². The molecule has 0 saturated carbocycles. The summed E-state index contributed by atoms with van der Waals surface area (Å²) >= 11 is 1.32. The van der Waals surface area contributed by atoms with E-state index in [4.69, 9.17) is 0 Å². The first-order valence-corrected chi connectivity index (χ1v) is 9.84. The molecule has 1 unspecified atom stereocenters. The van der Waals surface area contributed by atoms with Gasteiger partial charge in [0.15, 0.2) is 5.17 Å². The number of benzene rings is 2. The van der Waals surface area contributed by atoms with Gasteiger partial charge in [-0.25, -0.2) is 0 Å². The Morgan fingerprint density at radius 1 is 1.14 bits per heavy atom. The fraction of sp³-hybridized carbons (Fsp3) is 0.136. The molecule has 6 heteroatoms. The third-order valence-corrected chi connectivity index (χ3v) is 5.36. The summed E-state index contributed by atoms with van der Waals surface area (Å²) in [4.78, 5) is 22.0. The SMILES string of the molecule is O=C1NC(=NC(CCO)c2ccccc2)SC1=Cc1ccc2ncccc2c1. The molecule has 0 spiro atoms. The Morgan fingerprint density at radius 3 is 2.82 bits per heavy atom. The molecule has 1 aliphatic heterocycles. The van der Waals surface area contributed by atoms with Crippen LogP contribution in [0.25, 0.3) is 17.0 Å². The fourth-order valence-corrected chi connectivity index (χ4v) is 3.94. The van der Waals surface area contributed by atoms with E-state index in [-0.39, 0.29) is 18.6 Å². The van der Waals surface area contributed by atoms with E-state index < -0.39 is 0 Å². The lowest BCUT2D eigenvalue weighted by Crippen LogP contribution is -2.20. The standard InChI is InChI=1S/C22H19N3O2S/c26-12-10-19(16-5-2-1-3-6-16)24-22-25-21(27)20(28-22)14-15-8-9-18-17(13-15)7-4-11-23-18/h1-9,11,13-14,19,26H,10,12H2,(H,24,25,27). The average molecular weight is 389 g/mol. The minimum atomic E-state index is -0.194. The van der Waals surface area contributed by atoms with E-state index in [2.05, 4.69) is 15.3 Å². The lowest BCUT2D eigenvalue weighted by atomic mass is 10.1. The summed E-state index contributed by atoms with van der Waals surface area (Å²) in [6, 6.07) is 19.4. The number of aliphatic hydroxyl groups is 1. The molecular weight excluding hydrogens is 370 g/mol.